The van der Waals surface area contributed by atoms with Gasteiger partial charge in [-0.3, -0.25) is 0 Å². The second-order valence-corrected chi connectivity index (χ2v) is 5.85. The highest BCUT2D eigenvalue weighted by Crippen LogP contribution is 2.42. The summed E-state index contributed by atoms with van der Waals surface area (Å²) >= 11 is 0. The molecule has 1 fully saturated rings. The molecule has 2 heterocycles. The molecule has 0 amide bonds. The molecule has 0 aromatic heterocycles. The number of para-hydroxylation sites is 1. The van der Waals surface area contributed by atoms with Crippen LogP contribution in [0.25, 0.3) is 0 Å². The Morgan fingerprint density at radius 1 is 1.17 bits per heavy atom. The van der Waals surface area contributed by atoms with Crippen molar-refractivity contribution in [3.05, 3.63) is 29.8 Å². The molecule has 0 spiro atoms. The van der Waals surface area contributed by atoms with Crippen molar-refractivity contribution in [3.8, 4) is 5.75 Å². The summed E-state index contributed by atoms with van der Waals surface area (Å²) in [6.45, 7) is 6.62. The summed E-state index contributed by atoms with van der Waals surface area (Å²) in [7, 11) is 0. The average Bonchev–Trinajstić information content (AvgIpc) is 2.62. The first kappa shape index (κ1) is 12.0. The summed E-state index contributed by atoms with van der Waals surface area (Å²) in [5.41, 5.74) is 4.78. The van der Waals surface area contributed by atoms with Crippen molar-refractivity contribution >= 4 is 0 Å². The fourth-order valence-electron chi connectivity index (χ4n) is 2.96. The van der Waals surface area contributed by atoms with Crippen LogP contribution >= 0.6 is 0 Å². The fourth-order valence-corrected chi connectivity index (χ4v) is 2.96. The first-order chi connectivity index (χ1) is 8.67. The van der Waals surface area contributed by atoms with E-state index >= 15 is 0 Å². The summed E-state index contributed by atoms with van der Waals surface area (Å²) < 4.78 is 6.06. The van der Waals surface area contributed by atoms with Gasteiger partial charge in [-0.25, -0.2) is 10.4 Å². The van der Waals surface area contributed by atoms with E-state index in [1.165, 1.54) is 24.8 Å². The predicted molar refractivity (Wildman–Crippen MR) is 72.4 cm³/mol. The lowest BCUT2D eigenvalue weighted by atomic mass is 9.95. The molecule has 1 aromatic rings. The molecule has 98 valence electrons. The molecule has 1 saturated heterocycles. The molecule has 1 atom stereocenters. The zero-order valence-electron chi connectivity index (χ0n) is 11.3. The molecule has 0 radical (unpaired) electrons. The van der Waals surface area contributed by atoms with Gasteiger partial charge in [-0.1, -0.05) is 24.6 Å². The lowest BCUT2D eigenvalue weighted by Crippen LogP contribution is -2.49. The smallest absolute Gasteiger partial charge is 0.125 e. The van der Waals surface area contributed by atoms with Crippen LogP contribution in [0.3, 0.4) is 0 Å². The molecular weight excluding hydrogens is 224 g/mol. The summed E-state index contributed by atoms with van der Waals surface area (Å²) in [6, 6.07) is 8.62. The highest BCUT2D eigenvalue weighted by atomic mass is 16.5. The van der Waals surface area contributed by atoms with Crippen LogP contribution in [0.1, 0.15) is 44.7 Å². The number of nitrogens with zero attached hydrogens (tertiary/aromatic N) is 1. The van der Waals surface area contributed by atoms with Gasteiger partial charge in [-0.15, -0.1) is 0 Å². The molecule has 1 unspecified atom stereocenters. The van der Waals surface area contributed by atoms with Gasteiger partial charge >= 0.3 is 0 Å². The standard InChI is InChI=1S/C15H22N2O/c1-15(2)14(16-17-10-6-3-7-11-17)12-8-4-5-9-13(12)18-15/h4-5,8-9,14,16H,3,6-7,10-11H2,1-2H3. The van der Waals surface area contributed by atoms with Gasteiger partial charge in [-0.2, -0.15) is 0 Å². The Bertz CT molecular complexity index is 424. The first-order valence-electron chi connectivity index (χ1n) is 6.96. The third kappa shape index (κ3) is 2.13. The minimum atomic E-state index is -0.179. The number of rotatable bonds is 2. The van der Waals surface area contributed by atoms with Crippen molar-refractivity contribution in [2.45, 2.75) is 44.8 Å². The van der Waals surface area contributed by atoms with Crippen molar-refractivity contribution in [1.82, 2.24) is 10.4 Å². The van der Waals surface area contributed by atoms with E-state index in [0.29, 0.717) is 0 Å². The second-order valence-electron chi connectivity index (χ2n) is 5.85. The molecule has 0 aliphatic carbocycles. The van der Waals surface area contributed by atoms with Crippen molar-refractivity contribution in [3.63, 3.8) is 0 Å². The third-order valence-corrected chi connectivity index (χ3v) is 3.97. The predicted octanol–water partition coefficient (Wildman–Crippen LogP) is 2.89. The van der Waals surface area contributed by atoms with E-state index in [-0.39, 0.29) is 11.6 Å². The van der Waals surface area contributed by atoms with Crippen LogP contribution in [-0.4, -0.2) is 23.7 Å². The maximum Gasteiger partial charge on any atom is 0.125 e. The van der Waals surface area contributed by atoms with Gasteiger partial charge in [-0.05, 0) is 32.8 Å². The number of hydrogen-bond donors (Lipinski definition) is 1. The molecule has 3 rings (SSSR count). The van der Waals surface area contributed by atoms with Crippen molar-refractivity contribution < 1.29 is 4.74 Å². The maximum absolute atomic E-state index is 6.06. The van der Waals surface area contributed by atoms with Crippen molar-refractivity contribution in [2.75, 3.05) is 13.1 Å². The Morgan fingerprint density at radius 2 is 1.89 bits per heavy atom. The number of ether oxygens (including phenoxy) is 1. The topological polar surface area (TPSA) is 24.5 Å². The average molecular weight is 246 g/mol. The zero-order chi connectivity index (χ0) is 12.6. The van der Waals surface area contributed by atoms with Gasteiger partial charge in [0.05, 0.1) is 6.04 Å². The third-order valence-electron chi connectivity index (χ3n) is 3.97. The Labute approximate surface area is 109 Å². The highest BCUT2D eigenvalue weighted by Gasteiger charge is 2.41. The molecule has 1 N–H and O–H groups in total. The zero-order valence-corrected chi connectivity index (χ0v) is 11.3. The molecular formula is C15H22N2O. The van der Waals surface area contributed by atoms with Crippen LogP contribution in [0, 0.1) is 0 Å². The van der Waals surface area contributed by atoms with Crippen molar-refractivity contribution in [2.24, 2.45) is 0 Å². The Morgan fingerprint density at radius 3 is 2.67 bits per heavy atom. The largest absolute Gasteiger partial charge is 0.485 e. The fraction of sp³-hybridized carbons (Fsp3) is 0.600. The monoisotopic (exact) mass is 246 g/mol. The number of nitrogens with one attached hydrogen (secondary N) is 1. The molecule has 3 heteroatoms. The SMILES string of the molecule is CC1(C)Oc2ccccc2C1NN1CCCCC1. The van der Waals surface area contributed by atoms with Crippen LogP contribution in [0.15, 0.2) is 24.3 Å². The van der Waals surface area contributed by atoms with Crippen molar-refractivity contribution in [1.29, 1.82) is 0 Å². The lowest BCUT2D eigenvalue weighted by Gasteiger charge is -2.35. The number of hydrogen-bond acceptors (Lipinski definition) is 3. The molecule has 2 aliphatic rings. The summed E-state index contributed by atoms with van der Waals surface area (Å²) in [6.07, 6.45) is 3.95. The Hall–Kier alpha value is -1.06. The van der Waals surface area contributed by atoms with Gasteiger partial charge in [0.1, 0.15) is 11.4 Å². The molecule has 18 heavy (non-hydrogen) atoms. The maximum atomic E-state index is 6.06. The Kier molecular flexibility index (Phi) is 3.04. The van der Waals surface area contributed by atoms with Gasteiger partial charge in [0.15, 0.2) is 0 Å². The minimum Gasteiger partial charge on any atom is -0.485 e. The highest BCUT2D eigenvalue weighted by molar-refractivity contribution is 5.42. The van der Waals surface area contributed by atoms with E-state index in [2.05, 4.69) is 42.5 Å². The van der Waals surface area contributed by atoms with E-state index in [1.807, 2.05) is 6.07 Å². The molecule has 3 nitrogen and oxygen atoms in total. The lowest BCUT2D eigenvalue weighted by molar-refractivity contribution is 0.0382. The quantitative estimate of drug-likeness (QED) is 0.868. The van der Waals surface area contributed by atoms with Gasteiger partial charge in [0.2, 0.25) is 0 Å². The van der Waals surface area contributed by atoms with E-state index in [9.17, 15) is 0 Å². The van der Waals surface area contributed by atoms with Crippen LogP contribution in [-0.2, 0) is 0 Å². The summed E-state index contributed by atoms with van der Waals surface area (Å²) in [5.74, 6) is 1.03. The summed E-state index contributed by atoms with van der Waals surface area (Å²) in [5, 5.41) is 2.36. The molecule has 1 aromatic carbocycles. The number of hydrazine groups is 1. The summed E-state index contributed by atoms with van der Waals surface area (Å²) in [4.78, 5) is 0. The normalized spacial score (nSPS) is 26.7. The van der Waals surface area contributed by atoms with Crippen LogP contribution in [0.2, 0.25) is 0 Å². The minimum absolute atomic E-state index is 0.179. The van der Waals surface area contributed by atoms with E-state index in [4.69, 9.17) is 4.74 Å². The van der Waals surface area contributed by atoms with E-state index in [0.717, 1.165) is 18.8 Å². The van der Waals surface area contributed by atoms with Gasteiger partial charge in [0, 0.05) is 18.7 Å². The molecule has 0 saturated carbocycles. The van der Waals surface area contributed by atoms with Gasteiger partial charge < -0.3 is 4.74 Å². The van der Waals surface area contributed by atoms with E-state index in [1.54, 1.807) is 0 Å². The van der Waals surface area contributed by atoms with Crippen LogP contribution < -0.4 is 10.2 Å². The Balaban J connectivity index is 1.81. The van der Waals surface area contributed by atoms with E-state index < -0.39 is 0 Å². The number of piperidine rings is 1. The van der Waals surface area contributed by atoms with Crippen LogP contribution in [0.4, 0.5) is 0 Å². The van der Waals surface area contributed by atoms with Gasteiger partial charge in [0.25, 0.3) is 0 Å². The van der Waals surface area contributed by atoms with Crippen LogP contribution in [0.5, 0.6) is 5.75 Å². The first-order valence-corrected chi connectivity index (χ1v) is 6.96. The molecule has 0 bridgehead atoms. The molecule has 2 aliphatic heterocycles. The number of fused-ring (bicyclic) bond motifs is 1. The second kappa shape index (κ2) is 4.56. The number of benzene rings is 1.